The van der Waals surface area contributed by atoms with Crippen molar-refractivity contribution in [3.05, 3.63) is 47.5 Å². The number of carbonyl (C=O) groups is 1. The monoisotopic (exact) mass is 315 g/mol. The molecule has 1 fully saturated rings. The average Bonchev–Trinajstić information content (AvgIpc) is 3.26. The number of aliphatic carboxylic acids is 1. The van der Waals surface area contributed by atoms with Crippen LogP contribution in [0.5, 0.6) is 0 Å². The van der Waals surface area contributed by atoms with E-state index in [4.69, 9.17) is 4.74 Å². The fraction of sp³-hybridized carbons (Fsp3) is 0.526. The Labute approximate surface area is 137 Å². The van der Waals surface area contributed by atoms with E-state index in [1.54, 1.807) is 0 Å². The zero-order valence-corrected chi connectivity index (χ0v) is 13.8. The number of rotatable bonds is 7. The molecule has 0 aromatic heterocycles. The highest BCUT2D eigenvalue weighted by Crippen LogP contribution is 2.43. The molecule has 1 heterocycles. The number of hydrogen-bond acceptors (Lipinski definition) is 3. The molecule has 1 aromatic carbocycles. The highest BCUT2D eigenvalue weighted by atomic mass is 16.5. The summed E-state index contributed by atoms with van der Waals surface area (Å²) in [5.74, 6) is -0.812. The maximum Gasteiger partial charge on any atom is 0.331 e. The van der Waals surface area contributed by atoms with Gasteiger partial charge in [-0.25, -0.2) is 4.79 Å². The fourth-order valence-corrected chi connectivity index (χ4v) is 3.59. The van der Waals surface area contributed by atoms with Crippen LogP contribution in [-0.2, 0) is 16.1 Å². The minimum Gasteiger partial charge on any atom is -0.478 e. The molecule has 4 nitrogen and oxygen atoms in total. The molecule has 3 rings (SSSR count). The van der Waals surface area contributed by atoms with Gasteiger partial charge in [-0.3, -0.25) is 4.90 Å². The molecule has 124 valence electrons. The van der Waals surface area contributed by atoms with Gasteiger partial charge in [0.05, 0.1) is 18.2 Å². The van der Waals surface area contributed by atoms with Crippen molar-refractivity contribution < 1.29 is 14.6 Å². The summed E-state index contributed by atoms with van der Waals surface area (Å²) in [4.78, 5) is 13.8. The van der Waals surface area contributed by atoms with Crippen molar-refractivity contribution in [2.24, 2.45) is 0 Å². The van der Waals surface area contributed by atoms with Gasteiger partial charge in [0.15, 0.2) is 0 Å². The molecule has 4 heteroatoms. The standard InChI is InChI=1S/C19H25NO3/c1-3-15(4-2)23-17-11-14(19(21)22)10-16-18(17)20(16)12-13-8-6-5-7-9-13/h5-9,11,15-18H,3-4,10,12H2,1-2H3,(H,21,22)/t16-,17-,18-,20?/m1/s1. The van der Waals surface area contributed by atoms with E-state index in [-0.39, 0.29) is 12.2 Å². The van der Waals surface area contributed by atoms with E-state index in [0.717, 1.165) is 19.4 Å². The van der Waals surface area contributed by atoms with Crippen molar-refractivity contribution >= 4 is 5.97 Å². The van der Waals surface area contributed by atoms with Crippen LogP contribution in [0.4, 0.5) is 0 Å². The lowest BCUT2D eigenvalue weighted by Crippen LogP contribution is -2.30. The third-order valence-corrected chi connectivity index (χ3v) is 4.99. The third-order valence-electron chi connectivity index (χ3n) is 4.99. The number of carboxylic acids is 1. The predicted molar refractivity (Wildman–Crippen MR) is 89.1 cm³/mol. The Kier molecular flexibility index (Phi) is 4.83. The summed E-state index contributed by atoms with van der Waals surface area (Å²) < 4.78 is 6.21. The largest absolute Gasteiger partial charge is 0.478 e. The topological polar surface area (TPSA) is 49.5 Å². The Morgan fingerprint density at radius 2 is 2.00 bits per heavy atom. The Morgan fingerprint density at radius 3 is 2.61 bits per heavy atom. The molecule has 23 heavy (non-hydrogen) atoms. The second-order valence-corrected chi connectivity index (χ2v) is 6.46. The molecule has 1 aliphatic heterocycles. The van der Waals surface area contributed by atoms with E-state index in [1.807, 2.05) is 24.3 Å². The van der Waals surface area contributed by atoms with Gasteiger partial charge in [-0.15, -0.1) is 0 Å². The molecule has 4 atom stereocenters. The van der Waals surface area contributed by atoms with Crippen LogP contribution in [0, 0.1) is 0 Å². The minimum absolute atomic E-state index is 0.103. The summed E-state index contributed by atoms with van der Waals surface area (Å²) in [6.45, 7) is 5.09. The lowest BCUT2D eigenvalue weighted by atomic mass is 9.97. The second-order valence-electron chi connectivity index (χ2n) is 6.46. The number of nitrogens with zero attached hydrogens (tertiary/aromatic N) is 1. The number of carboxylic acid groups (broad SMARTS) is 1. The molecular weight excluding hydrogens is 290 g/mol. The van der Waals surface area contributed by atoms with E-state index in [9.17, 15) is 9.90 Å². The molecule has 0 saturated carbocycles. The van der Waals surface area contributed by atoms with Crippen LogP contribution < -0.4 is 0 Å². The van der Waals surface area contributed by atoms with E-state index in [1.165, 1.54) is 5.56 Å². The number of ether oxygens (including phenoxy) is 1. The molecule has 1 unspecified atom stereocenters. The first-order valence-electron chi connectivity index (χ1n) is 8.53. The Bertz CT molecular complexity index is 580. The first kappa shape index (κ1) is 16.2. The summed E-state index contributed by atoms with van der Waals surface area (Å²) in [5.41, 5.74) is 1.76. The van der Waals surface area contributed by atoms with Crippen LogP contribution in [0.2, 0.25) is 0 Å². The van der Waals surface area contributed by atoms with Crippen molar-refractivity contribution in [3.8, 4) is 0 Å². The van der Waals surface area contributed by atoms with Gasteiger partial charge >= 0.3 is 5.97 Å². The number of hydrogen-bond donors (Lipinski definition) is 1. The predicted octanol–water partition coefficient (Wildman–Crippen LogP) is 3.23. The van der Waals surface area contributed by atoms with Crippen molar-refractivity contribution in [3.63, 3.8) is 0 Å². The van der Waals surface area contributed by atoms with Crippen LogP contribution in [0.25, 0.3) is 0 Å². The van der Waals surface area contributed by atoms with Crippen molar-refractivity contribution in [1.29, 1.82) is 0 Å². The van der Waals surface area contributed by atoms with Gasteiger partial charge in [0, 0.05) is 18.2 Å². The van der Waals surface area contributed by atoms with E-state index >= 15 is 0 Å². The molecule has 0 bridgehead atoms. The van der Waals surface area contributed by atoms with Crippen LogP contribution in [-0.4, -0.2) is 40.3 Å². The number of benzene rings is 1. The molecular formula is C19H25NO3. The lowest BCUT2D eigenvalue weighted by Gasteiger charge is -2.23. The van der Waals surface area contributed by atoms with Crippen LogP contribution in [0.1, 0.15) is 38.7 Å². The van der Waals surface area contributed by atoms with Gasteiger partial charge < -0.3 is 9.84 Å². The molecule has 1 aliphatic carbocycles. The van der Waals surface area contributed by atoms with Gasteiger partial charge in [0.1, 0.15) is 0 Å². The van der Waals surface area contributed by atoms with Crippen LogP contribution in [0.3, 0.4) is 0 Å². The summed E-state index contributed by atoms with van der Waals surface area (Å²) >= 11 is 0. The summed E-state index contributed by atoms with van der Waals surface area (Å²) in [6, 6.07) is 11.0. The summed E-state index contributed by atoms with van der Waals surface area (Å²) in [6.07, 6.45) is 4.47. The van der Waals surface area contributed by atoms with Crippen molar-refractivity contribution in [1.82, 2.24) is 4.90 Å². The lowest BCUT2D eigenvalue weighted by molar-refractivity contribution is -0.133. The number of fused-ring (bicyclic) bond motifs is 1. The van der Waals surface area contributed by atoms with E-state index in [2.05, 4.69) is 30.9 Å². The highest BCUT2D eigenvalue weighted by molar-refractivity contribution is 5.87. The van der Waals surface area contributed by atoms with Gasteiger partial charge in [0.25, 0.3) is 0 Å². The van der Waals surface area contributed by atoms with Crippen molar-refractivity contribution in [2.75, 3.05) is 0 Å². The normalized spacial score (nSPS) is 29.1. The molecule has 0 radical (unpaired) electrons. The molecule has 1 N–H and O–H groups in total. The molecule has 2 aliphatic rings. The first-order chi connectivity index (χ1) is 11.1. The Hall–Kier alpha value is -1.65. The highest BCUT2D eigenvalue weighted by Gasteiger charge is 2.54. The third kappa shape index (κ3) is 3.48. The maximum absolute atomic E-state index is 11.4. The Balaban J connectivity index is 1.73. The molecule has 0 spiro atoms. The van der Waals surface area contributed by atoms with Gasteiger partial charge in [0.2, 0.25) is 0 Å². The smallest absolute Gasteiger partial charge is 0.331 e. The van der Waals surface area contributed by atoms with Crippen molar-refractivity contribution in [2.45, 2.75) is 63.9 Å². The summed E-state index contributed by atoms with van der Waals surface area (Å²) in [5, 5.41) is 9.37. The quantitative estimate of drug-likeness (QED) is 0.785. The molecule has 0 amide bonds. The summed E-state index contributed by atoms with van der Waals surface area (Å²) in [7, 11) is 0. The maximum atomic E-state index is 11.4. The molecule has 1 aromatic rings. The SMILES string of the molecule is CCC(CC)O[C@@H]1C=C(C(=O)O)C[C@@H]2[C@H]1N2Cc1ccccc1. The second kappa shape index (κ2) is 6.85. The van der Waals surface area contributed by atoms with E-state index in [0.29, 0.717) is 24.1 Å². The van der Waals surface area contributed by atoms with E-state index < -0.39 is 5.97 Å². The van der Waals surface area contributed by atoms with Gasteiger partial charge in [-0.1, -0.05) is 44.2 Å². The zero-order chi connectivity index (χ0) is 16.4. The zero-order valence-electron chi connectivity index (χ0n) is 13.8. The fourth-order valence-electron chi connectivity index (χ4n) is 3.59. The minimum atomic E-state index is -0.812. The molecule has 1 saturated heterocycles. The van der Waals surface area contributed by atoms with Crippen LogP contribution in [0.15, 0.2) is 42.0 Å². The van der Waals surface area contributed by atoms with Gasteiger partial charge in [-0.05, 0) is 30.9 Å². The average molecular weight is 315 g/mol. The Morgan fingerprint density at radius 1 is 1.30 bits per heavy atom. The van der Waals surface area contributed by atoms with Gasteiger partial charge in [-0.2, -0.15) is 0 Å². The van der Waals surface area contributed by atoms with Crippen LogP contribution >= 0.6 is 0 Å². The first-order valence-corrected chi connectivity index (χ1v) is 8.53.